The molecule has 0 saturated heterocycles. The van der Waals surface area contributed by atoms with Crippen LogP contribution in [-0.2, 0) is 6.42 Å². The molecule has 0 saturated carbocycles. The zero-order valence-corrected chi connectivity index (χ0v) is 18.2. The topological polar surface area (TPSA) is 85.0 Å². The lowest BCUT2D eigenvalue weighted by atomic mass is 10.1. The number of unbranched alkanes of at least 4 members (excludes halogenated alkanes) is 2. The molecule has 0 radical (unpaired) electrons. The van der Waals surface area contributed by atoms with Gasteiger partial charge in [0.05, 0.1) is 5.69 Å². The lowest BCUT2D eigenvalue weighted by Crippen LogP contribution is -2.23. The molecule has 1 aromatic heterocycles. The van der Waals surface area contributed by atoms with Gasteiger partial charge in [0.15, 0.2) is 17.6 Å². The molecule has 7 nitrogen and oxygen atoms in total. The predicted octanol–water partition coefficient (Wildman–Crippen LogP) is 4.90. The number of rotatable bonds is 8. The summed E-state index contributed by atoms with van der Waals surface area (Å²) in [6.45, 7) is 2.54. The largest absolute Gasteiger partial charge is 0.485 e. The molecule has 31 heavy (non-hydrogen) atoms. The van der Waals surface area contributed by atoms with Gasteiger partial charge in [0.25, 0.3) is 0 Å². The Morgan fingerprint density at radius 1 is 1.23 bits per heavy atom. The minimum absolute atomic E-state index is 0.314. The van der Waals surface area contributed by atoms with Gasteiger partial charge >= 0.3 is 0 Å². The quantitative estimate of drug-likeness (QED) is 0.296. The highest BCUT2D eigenvalue weighted by Crippen LogP contribution is 2.41. The van der Waals surface area contributed by atoms with Crippen molar-refractivity contribution in [2.24, 2.45) is 0 Å². The van der Waals surface area contributed by atoms with Gasteiger partial charge in [-0.3, -0.25) is 0 Å². The minimum atomic E-state index is -0.436. The zero-order valence-electron chi connectivity index (χ0n) is 17.4. The molecule has 0 aliphatic carbocycles. The zero-order chi connectivity index (χ0) is 21.5. The van der Waals surface area contributed by atoms with Gasteiger partial charge in [-0.05, 0) is 42.2 Å². The second-order valence-electron chi connectivity index (χ2n) is 7.34. The van der Waals surface area contributed by atoms with Crippen LogP contribution < -0.4 is 14.8 Å². The van der Waals surface area contributed by atoms with Gasteiger partial charge in [0.1, 0.15) is 11.6 Å². The van der Waals surface area contributed by atoms with E-state index in [1.54, 1.807) is 0 Å². The Kier molecular flexibility index (Phi) is 6.89. The van der Waals surface area contributed by atoms with Crippen molar-refractivity contribution in [3.05, 3.63) is 65.5 Å². The molecule has 8 heteroatoms. The van der Waals surface area contributed by atoms with Crippen LogP contribution in [-0.4, -0.2) is 32.2 Å². The number of aromatic nitrogens is 4. The van der Waals surface area contributed by atoms with Gasteiger partial charge in [0.2, 0.25) is 5.82 Å². The first kappa shape index (κ1) is 21.0. The number of nitrogens with one attached hydrogen (secondary N) is 2. The highest BCUT2D eigenvalue weighted by Gasteiger charge is 2.28. The lowest BCUT2D eigenvalue weighted by Gasteiger charge is -2.26. The van der Waals surface area contributed by atoms with Crippen LogP contribution in [0.3, 0.4) is 0 Å². The number of ether oxygens (including phenoxy) is 2. The van der Waals surface area contributed by atoms with E-state index in [1.165, 1.54) is 24.8 Å². The van der Waals surface area contributed by atoms with Crippen LogP contribution in [0.15, 0.2) is 48.5 Å². The molecule has 0 amide bonds. The summed E-state index contributed by atoms with van der Waals surface area (Å²) in [5.41, 5.74) is 3.21. The standard InChI is InChI=1S/C23H25N5O2S/c1-2-3-4-6-16-9-11-17(12-10-16)13-14-21(31)24-18-7-5-8-19-22(18)30-20(15-29-19)23-25-27-28-26-23/h5,7-14,20H,2-4,6,15H2,1H3,(H,24,31)(H,25,26,27,28)/b14-13+. The number of thiocarbonyl (C=S) groups is 1. The molecule has 1 aliphatic rings. The summed E-state index contributed by atoms with van der Waals surface area (Å²) >= 11 is 5.51. The van der Waals surface area contributed by atoms with E-state index in [2.05, 4.69) is 57.1 Å². The van der Waals surface area contributed by atoms with Crippen LogP contribution in [0.2, 0.25) is 0 Å². The summed E-state index contributed by atoms with van der Waals surface area (Å²) in [7, 11) is 0. The highest BCUT2D eigenvalue weighted by molar-refractivity contribution is 7.81. The maximum Gasteiger partial charge on any atom is 0.218 e. The van der Waals surface area contributed by atoms with Crippen LogP contribution in [0, 0.1) is 0 Å². The maximum atomic E-state index is 6.07. The molecule has 1 aliphatic heterocycles. The monoisotopic (exact) mass is 435 g/mol. The predicted molar refractivity (Wildman–Crippen MR) is 124 cm³/mol. The second-order valence-corrected chi connectivity index (χ2v) is 7.78. The van der Waals surface area contributed by atoms with Gasteiger partial charge in [-0.25, -0.2) is 0 Å². The minimum Gasteiger partial charge on any atom is -0.485 e. The number of hydrogen-bond donors (Lipinski definition) is 2. The number of hydrogen-bond acceptors (Lipinski definition) is 6. The van der Waals surface area contributed by atoms with Crippen molar-refractivity contribution in [3.8, 4) is 11.5 Å². The Morgan fingerprint density at radius 2 is 2.10 bits per heavy atom. The molecule has 160 valence electrons. The molecule has 2 aromatic carbocycles. The summed E-state index contributed by atoms with van der Waals surface area (Å²) in [4.78, 5) is 0.575. The third-order valence-electron chi connectivity index (χ3n) is 5.01. The van der Waals surface area contributed by atoms with E-state index < -0.39 is 6.10 Å². The first-order valence-electron chi connectivity index (χ1n) is 10.5. The van der Waals surface area contributed by atoms with E-state index in [-0.39, 0.29) is 0 Å². The van der Waals surface area contributed by atoms with Crippen LogP contribution in [0.1, 0.15) is 49.2 Å². The molecule has 0 bridgehead atoms. The average Bonchev–Trinajstić information content (AvgIpc) is 3.34. The third-order valence-corrected chi connectivity index (χ3v) is 5.25. The molecular weight excluding hydrogens is 410 g/mol. The van der Waals surface area contributed by atoms with E-state index in [0.717, 1.165) is 17.7 Å². The van der Waals surface area contributed by atoms with E-state index >= 15 is 0 Å². The molecule has 2 heterocycles. The number of H-pyrrole nitrogens is 1. The van der Waals surface area contributed by atoms with Gasteiger partial charge < -0.3 is 14.8 Å². The van der Waals surface area contributed by atoms with Crippen molar-refractivity contribution < 1.29 is 9.47 Å². The lowest BCUT2D eigenvalue weighted by molar-refractivity contribution is 0.0861. The Morgan fingerprint density at radius 3 is 2.87 bits per heavy atom. The molecule has 1 unspecified atom stereocenters. The third kappa shape index (κ3) is 5.46. The first-order valence-corrected chi connectivity index (χ1v) is 10.9. The van der Waals surface area contributed by atoms with Gasteiger partial charge in [-0.15, -0.1) is 10.2 Å². The second kappa shape index (κ2) is 10.2. The van der Waals surface area contributed by atoms with Gasteiger partial charge in [0, 0.05) is 0 Å². The van der Waals surface area contributed by atoms with Crippen LogP contribution in [0.4, 0.5) is 5.69 Å². The van der Waals surface area contributed by atoms with E-state index in [0.29, 0.717) is 28.9 Å². The molecular formula is C23H25N5O2S. The molecule has 0 fully saturated rings. The fourth-order valence-electron chi connectivity index (χ4n) is 3.35. The van der Waals surface area contributed by atoms with Crippen molar-refractivity contribution >= 4 is 29.0 Å². The van der Waals surface area contributed by atoms with Gasteiger partial charge in [-0.2, -0.15) is 5.21 Å². The fraction of sp³-hybridized carbons (Fsp3) is 0.304. The smallest absolute Gasteiger partial charge is 0.218 e. The van der Waals surface area contributed by atoms with E-state index in [4.69, 9.17) is 21.7 Å². The molecule has 4 rings (SSSR count). The average molecular weight is 436 g/mol. The molecule has 1 atom stereocenters. The number of benzene rings is 2. The van der Waals surface area contributed by atoms with Crippen molar-refractivity contribution in [2.45, 2.75) is 38.7 Å². The first-order chi connectivity index (χ1) is 15.2. The van der Waals surface area contributed by atoms with E-state index in [1.807, 2.05) is 30.4 Å². The molecule has 0 spiro atoms. The Labute approximate surface area is 186 Å². The maximum absolute atomic E-state index is 6.07. The number of aromatic amines is 1. The van der Waals surface area contributed by atoms with Crippen LogP contribution >= 0.6 is 12.2 Å². The van der Waals surface area contributed by atoms with Crippen molar-refractivity contribution in [2.75, 3.05) is 11.9 Å². The fourth-order valence-corrected chi connectivity index (χ4v) is 3.52. The summed E-state index contributed by atoms with van der Waals surface area (Å²) in [5, 5.41) is 17.2. The number of fused-ring (bicyclic) bond motifs is 1. The number of aryl methyl sites for hydroxylation is 1. The Bertz CT molecular complexity index is 1030. The SMILES string of the molecule is CCCCCc1ccc(/C=C/C(=S)Nc2cccc3c2OC(c2nn[nH]n2)CO3)cc1. The van der Waals surface area contributed by atoms with Crippen LogP contribution in [0.25, 0.3) is 6.08 Å². The number of nitrogens with zero attached hydrogens (tertiary/aromatic N) is 3. The number of para-hydroxylation sites is 1. The summed E-state index contributed by atoms with van der Waals surface area (Å²) < 4.78 is 11.9. The normalized spacial score (nSPS) is 15.2. The number of tetrazole rings is 1. The van der Waals surface area contributed by atoms with Crippen molar-refractivity contribution in [1.29, 1.82) is 0 Å². The summed E-state index contributed by atoms with van der Waals surface area (Å²) in [6.07, 6.45) is 8.32. The van der Waals surface area contributed by atoms with Gasteiger partial charge in [-0.1, -0.05) is 73.6 Å². The Balaban J connectivity index is 1.39. The number of anilines is 1. The Hall–Kier alpha value is -3.26. The van der Waals surface area contributed by atoms with Crippen molar-refractivity contribution in [3.63, 3.8) is 0 Å². The van der Waals surface area contributed by atoms with Crippen LogP contribution in [0.5, 0.6) is 11.5 Å². The highest BCUT2D eigenvalue weighted by atomic mass is 32.1. The van der Waals surface area contributed by atoms with E-state index in [9.17, 15) is 0 Å². The molecule has 3 aromatic rings. The molecule has 2 N–H and O–H groups in total. The van der Waals surface area contributed by atoms with Crippen molar-refractivity contribution in [1.82, 2.24) is 20.6 Å². The summed E-state index contributed by atoms with van der Waals surface area (Å²) in [5.74, 6) is 1.67. The summed E-state index contributed by atoms with van der Waals surface area (Å²) in [6, 6.07) is 14.3.